The smallest absolute Gasteiger partial charge is 0.191 e. The molecule has 0 saturated carbocycles. The molecule has 1 saturated heterocycles. The minimum Gasteiger partial charge on any atom is -0.390 e. The van der Waals surface area contributed by atoms with E-state index in [4.69, 9.17) is 9.47 Å². The molecule has 1 fully saturated rings. The first kappa shape index (κ1) is 22.1. The third-order valence-corrected chi connectivity index (χ3v) is 7.16. The van der Waals surface area contributed by atoms with Crippen LogP contribution in [0.5, 0.6) is 0 Å². The summed E-state index contributed by atoms with van der Waals surface area (Å²) in [6, 6.07) is 3.22. The molecule has 1 aromatic rings. The van der Waals surface area contributed by atoms with Gasteiger partial charge in [0.2, 0.25) is 0 Å². The molecule has 3 N–H and O–H groups in total. The van der Waals surface area contributed by atoms with Gasteiger partial charge in [-0.1, -0.05) is 6.07 Å². The Morgan fingerprint density at radius 3 is 3.04 bits per heavy atom. The first-order chi connectivity index (χ1) is 13.0. The van der Waals surface area contributed by atoms with Crippen LogP contribution in [0.25, 0.3) is 0 Å². The van der Waals surface area contributed by atoms with E-state index in [2.05, 4.69) is 15.6 Å². The summed E-state index contributed by atoms with van der Waals surface area (Å²) in [7, 11) is -3.48. The van der Waals surface area contributed by atoms with E-state index in [1.54, 1.807) is 17.5 Å². The number of sulfone groups is 1. The highest BCUT2D eigenvalue weighted by molar-refractivity contribution is 7.93. The van der Waals surface area contributed by atoms with Crippen molar-refractivity contribution in [3.05, 3.63) is 17.5 Å². The summed E-state index contributed by atoms with van der Waals surface area (Å²) in [6.45, 7) is 5.37. The second kappa shape index (κ2) is 11.6. The van der Waals surface area contributed by atoms with Gasteiger partial charge in [0.25, 0.3) is 0 Å². The minimum atomic E-state index is -3.48. The Bertz CT molecular complexity index is 658. The van der Waals surface area contributed by atoms with Gasteiger partial charge < -0.3 is 25.2 Å². The fraction of sp³-hybridized carbons (Fsp3) is 0.706. The van der Waals surface area contributed by atoms with Gasteiger partial charge >= 0.3 is 0 Å². The number of ether oxygens (including phenoxy) is 2. The summed E-state index contributed by atoms with van der Waals surface area (Å²) in [5.41, 5.74) is 0. The molecule has 2 atom stereocenters. The Balaban J connectivity index is 1.71. The van der Waals surface area contributed by atoms with Crippen LogP contribution in [0.3, 0.4) is 0 Å². The number of nitrogens with one attached hydrogen (secondary N) is 2. The molecule has 2 heterocycles. The monoisotopic (exact) mass is 419 g/mol. The molecule has 10 heteroatoms. The molecule has 0 amide bonds. The lowest BCUT2D eigenvalue weighted by molar-refractivity contribution is 0.0420. The van der Waals surface area contributed by atoms with Gasteiger partial charge in [0.05, 0.1) is 31.1 Å². The van der Waals surface area contributed by atoms with Crippen LogP contribution in [0.15, 0.2) is 26.7 Å². The summed E-state index contributed by atoms with van der Waals surface area (Å²) in [5, 5.41) is 18.0. The van der Waals surface area contributed by atoms with Gasteiger partial charge in [0.15, 0.2) is 15.8 Å². The number of aliphatic imine (C=N–C) groups is 1. The summed E-state index contributed by atoms with van der Waals surface area (Å²) in [4.78, 5) is 4.28. The van der Waals surface area contributed by atoms with Crippen molar-refractivity contribution in [1.29, 1.82) is 0 Å². The van der Waals surface area contributed by atoms with Crippen LogP contribution in [-0.4, -0.2) is 76.9 Å². The van der Waals surface area contributed by atoms with Crippen LogP contribution in [-0.2, 0) is 19.3 Å². The lowest BCUT2D eigenvalue weighted by atomic mass is 10.3. The number of thiophene rings is 1. The van der Waals surface area contributed by atoms with E-state index in [1.165, 1.54) is 0 Å². The van der Waals surface area contributed by atoms with Gasteiger partial charge in [0, 0.05) is 26.3 Å². The Labute approximate surface area is 164 Å². The lowest BCUT2D eigenvalue weighted by Crippen LogP contribution is -2.39. The second-order valence-corrected chi connectivity index (χ2v) is 9.43. The van der Waals surface area contributed by atoms with Crippen LogP contribution in [0, 0.1) is 0 Å². The Morgan fingerprint density at radius 1 is 1.52 bits per heavy atom. The van der Waals surface area contributed by atoms with Gasteiger partial charge in [-0.05, 0) is 31.2 Å². The molecule has 0 aromatic carbocycles. The van der Waals surface area contributed by atoms with Crippen molar-refractivity contribution < 1.29 is 23.0 Å². The molecule has 0 bridgehead atoms. The zero-order chi connectivity index (χ0) is 19.5. The number of rotatable bonds is 11. The molecule has 1 aromatic heterocycles. The first-order valence-corrected chi connectivity index (χ1v) is 11.7. The zero-order valence-corrected chi connectivity index (χ0v) is 17.2. The molecule has 1 aliphatic rings. The molecule has 0 radical (unpaired) electrons. The highest BCUT2D eigenvalue weighted by Crippen LogP contribution is 2.18. The Hall–Kier alpha value is -1.20. The molecule has 27 heavy (non-hydrogen) atoms. The van der Waals surface area contributed by atoms with Crippen LogP contribution >= 0.6 is 11.3 Å². The Kier molecular flexibility index (Phi) is 9.49. The van der Waals surface area contributed by atoms with E-state index in [0.717, 1.165) is 30.8 Å². The van der Waals surface area contributed by atoms with Gasteiger partial charge in [0.1, 0.15) is 4.21 Å². The second-order valence-electron chi connectivity index (χ2n) is 6.22. The third-order valence-electron chi connectivity index (χ3n) is 3.87. The predicted molar refractivity (Wildman–Crippen MR) is 106 cm³/mol. The third kappa shape index (κ3) is 8.14. The molecule has 2 rings (SSSR count). The molecule has 8 nitrogen and oxygen atoms in total. The van der Waals surface area contributed by atoms with Gasteiger partial charge in [-0.2, -0.15) is 0 Å². The van der Waals surface area contributed by atoms with Crippen molar-refractivity contribution in [2.45, 2.75) is 36.2 Å². The van der Waals surface area contributed by atoms with E-state index in [1.807, 2.05) is 6.92 Å². The predicted octanol–water partition coefficient (Wildman–Crippen LogP) is 0.633. The quantitative estimate of drug-likeness (QED) is 0.274. The van der Waals surface area contributed by atoms with Crippen LogP contribution < -0.4 is 10.6 Å². The average Bonchev–Trinajstić information content (AvgIpc) is 3.32. The highest BCUT2D eigenvalue weighted by Gasteiger charge is 2.20. The normalized spacial score (nSPS) is 19.2. The average molecular weight is 420 g/mol. The van der Waals surface area contributed by atoms with Crippen molar-refractivity contribution >= 4 is 27.1 Å². The number of nitrogens with zero attached hydrogens (tertiary/aromatic N) is 1. The van der Waals surface area contributed by atoms with E-state index in [-0.39, 0.29) is 22.6 Å². The summed E-state index contributed by atoms with van der Waals surface area (Å²) in [6.07, 6.45) is 0.908. The molecular formula is C17H29N3O5S2. The van der Waals surface area contributed by atoms with E-state index in [9.17, 15) is 13.5 Å². The number of aliphatic hydroxyl groups is 1. The fourth-order valence-corrected chi connectivity index (χ4v) is 5.01. The maximum Gasteiger partial charge on any atom is 0.191 e. The Morgan fingerprint density at radius 2 is 2.37 bits per heavy atom. The van der Waals surface area contributed by atoms with Crippen molar-refractivity contribution in [1.82, 2.24) is 10.6 Å². The number of hydrogen-bond acceptors (Lipinski definition) is 7. The largest absolute Gasteiger partial charge is 0.390 e. The summed E-state index contributed by atoms with van der Waals surface area (Å²) in [5.74, 6) is 0.211. The van der Waals surface area contributed by atoms with E-state index in [0.29, 0.717) is 32.3 Å². The fourth-order valence-electron chi connectivity index (χ4n) is 2.54. The maximum absolute atomic E-state index is 12.2. The van der Waals surface area contributed by atoms with Crippen molar-refractivity contribution in [2.75, 3.05) is 45.2 Å². The minimum absolute atomic E-state index is 0.00977. The molecule has 0 spiro atoms. The molecule has 0 aliphatic carbocycles. The molecule has 154 valence electrons. The number of guanidine groups is 1. The van der Waals surface area contributed by atoms with Gasteiger partial charge in [-0.3, -0.25) is 4.99 Å². The van der Waals surface area contributed by atoms with Crippen molar-refractivity contribution in [2.24, 2.45) is 4.99 Å². The van der Waals surface area contributed by atoms with Crippen molar-refractivity contribution in [3.63, 3.8) is 0 Å². The summed E-state index contributed by atoms with van der Waals surface area (Å²) < 4.78 is 35.6. The lowest BCUT2D eigenvalue weighted by Gasteiger charge is -2.14. The topological polar surface area (TPSA) is 109 Å². The standard InChI is InChI=1S/C17H29N3O5S2/c1-2-18-17(19-7-4-8-25-15-6-9-24-12-15)20-11-14(21)13-27(22,23)16-5-3-10-26-16/h3,5,10,14-15,21H,2,4,6-9,11-13H2,1H3,(H2,18,19,20). The SMILES string of the molecule is CCNC(=NCC(O)CS(=O)(=O)c1cccs1)NCCCOC1CCOC1. The van der Waals surface area contributed by atoms with Gasteiger partial charge in [-0.25, -0.2) is 8.42 Å². The van der Waals surface area contributed by atoms with E-state index >= 15 is 0 Å². The highest BCUT2D eigenvalue weighted by atomic mass is 32.2. The molecule has 1 aliphatic heterocycles. The van der Waals surface area contributed by atoms with Crippen LogP contribution in [0.1, 0.15) is 19.8 Å². The van der Waals surface area contributed by atoms with Crippen molar-refractivity contribution in [3.8, 4) is 0 Å². The van der Waals surface area contributed by atoms with E-state index < -0.39 is 15.9 Å². The number of aliphatic hydroxyl groups excluding tert-OH is 1. The maximum atomic E-state index is 12.2. The van der Waals surface area contributed by atoms with Crippen LogP contribution in [0.4, 0.5) is 0 Å². The van der Waals surface area contributed by atoms with Gasteiger partial charge in [-0.15, -0.1) is 11.3 Å². The van der Waals surface area contributed by atoms with Crippen LogP contribution in [0.2, 0.25) is 0 Å². The first-order valence-electron chi connectivity index (χ1n) is 9.17. The zero-order valence-electron chi connectivity index (χ0n) is 15.6. The summed E-state index contributed by atoms with van der Waals surface area (Å²) >= 11 is 1.15. The number of hydrogen-bond donors (Lipinski definition) is 3. The molecular weight excluding hydrogens is 390 g/mol. The molecule has 2 unspecified atom stereocenters.